The first-order valence-electron chi connectivity index (χ1n) is 14.0. The lowest BCUT2D eigenvalue weighted by atomic mass is 9.44. The minimum atomic E-state index is -0.831. The Kier molecular flexibility index (Phi) is 7.36. The molecule has 3 nitrogen and oxygen atoms in total. The smallest absolute Gasteiger partial charge is 0.329 e. The second-order valence-corrected chi connectivity index (χ2v) is 13.3. The Labute approximate surface area is 197 Å². The van der Waals surface area contributed by atoms with Gasteiger partial charge in [0, 0.05) is 0 Å². The number of carbonyl (C=O) groups is 1. The summed E-state index contributed by atoms with van der Waals surface area (Å²) in [5.41, 5.74) is 1.03. The van der Waals surface area contributed by atoms with E-state index in [1.807, 2.05) is 0 Å². The average Bonchev–Trinajstić information content (AvgIpc) is 3.09. The van der Waals surface area contributed by atoms with Gasteiger partial charge in [-0.05, 0) is 110 Å². The van der Waals surface area contributed by atoms with Crippen LogP contribution in [-0.2, 0) is 9.53 Å². The van der Waals surface area contributed by atoms with Crippen molar-refractivity contribution in [2.75, 3.05) is 6.61 Å². The fourth-order valence-corrected chi connectivity index (χ4v) is 9.58. The summed E-state index contributed by atoms with van der Waals surface area (Å²) in [6, 6.07) is 0. The van der Waals surface area contributed by atoms with E-state index in [-0.39, 0.29) is 12.7 Å². The largest absolute Gasteiger partial charge is 0.480 e. The van der Waals surface area contributed by atoms with E-state index in [9.17, 15) is 4.79 Å². The van der Waals surface area contributed by atoms with Gasteiger partial charge in [0.1, 0.15) is 6.61 Å². The van der Waals surface area contributed by atoms with E-state index in [4.69, 9.17) is 9.84 Å². The van der Waals surface area contributed by atoms with Crippen molar-refractivity contribution in [2.24, 2.45) is 52.3 Å². The number of ether oxygens (including phenoxy) is 1. The Hall–Kier alpha value is -0.570. The molecule has 0 aromatic rings. The van der Waals surface area contributed by atoms with Gasteiger partial charge in [0.15, 0.2) is 0 Å². The third-order valence-electron chi connectivity index (χ3n) is 11.3. The predicted octanol–water partition coefficient (Wildman–Crippen LogP) is 7.58. The standard InChI is InChI=1S/C29H50O3/c1-19(2)7-6-8-20(3)24-11-12-25-23-10-9-21-17-22(32-18-27(30)31)13-15-28(21,4)26(23)14-16-29(24,25)5/h19-26H,6-18H2,1-5H3,(H,30,31)/t20-,21+,22+,23+,24-,25+,26+,28+,29-/m1/s1. The minimum Gasteiger partial charge on any atom is -0.480 e. The molecule has 0 radical (unpaired) electrons. The SMILES string of the molecule is CC(C)CCC[C@@H](C)[C@H]1CC[C@H]2[C@@H]3CC[C@H]4C[C@@H](OCC(=O)O)CC[C@]4(C)[C@H]3CC[C@]12C. The summed E-state index contributed by atoms with van der Waals surface area (Å²) in [6.45, 7) is 12.5. The zero-order chi connectivity index (χ0) is 23.1. The molecule has 9 atom stereocenters. The molecule has 0 heterocycles. The van der Waals surface area contributed by atoms with Gasteiger partial charge in [-0.15, -0.1) is 0 Å². The number of aliphatic carboxylic acids is 1. The van der Waals surface area contributed by atoms with Crippen LogP contribution in [0.3, 0.4) is 0 Å². The molecule has 184 valence electrons. The summed E-state index contributed by atoms with van der Waals surface area (Å²) in [5.74, 6) is 5.31. The van der Waals surface area contributed by atoms with Crippen molar-refractivity contribution in [3.8, 4) is 0 Å². The number of fused-ring (bicyclic) bond motifs is 5. The van der Waals surface area contributed by atoms with Gasteiger partial charge in [0.05, 0.1) is 6.10 Å². The molecule has 0 saturated heterocycles. The molecule has 3 heteroatoms. The number of carboxylic acid groups (broad SMARTS) is 1. The van der Waals surface area contributed by atoms with E-state index in [2.05, 4.69) is 34.6 Å². The highest BCUT2D eigenvalue weighted by atomic mass is 16.5. The molecule has 1 N–H and O–H groups in total. The number of hydrogen-bond donors (Lipinski definition) is 1. The maximum absolute atomic E-state index is 10.9. The maximum Gasteiger partial charge on any atom is 0.329 e. The summed E-state index contributed by atoms with van der Waals surface area (Å²) in [4.78, 5) is 10.9. The first-order chi connectivity index (χ1) is 15.1. The molecule has 4 fully saturated rings. The van der Waals surface area contributed by atoms with Crippen LogP contribution in [0, 0.1) is 52.3 Å². The Morgan fingerprint density at radius 3 is 2.38 bits per heavy atom. The Morgan fingerprint density at radius 1 is 0.938 bits per heavy atom. The normalized spacial score (nSPS) is 44.6. The molecule has 0 aromatic heterocycles. The van der Waals surface area contributed by atoms with Crippen molar-refractivity contribution in [2.45, 2.75) is 118 Å². The van der Waals surface area contributed by atoms with Crippen LogP contribution in [0.2, 0.25) is 0 Å². The van der Waals surface area contributed by atoms with Crippen molar-refractivity contribution in [1.29, 1.82) is 0 Å². The van der Waals surface area contributed by atoms with E-state index in [1.54, 1.807) is 0 Å². The molecule has 0 aliphatic heterocycles. The highest BCUT2D eigenvalue weighted by Crippen LogP contribution is 2.68. The van der Waals surface area contributed by atoms with Gasteiger partial charge in [-0.1, -0.05) is 53.9 Å². The molecule has 4 aliphatic rings. The number of carboxylic acids is 1. The van der Waals surface area contributed by atoms with Gasteiger partial charge in [-0.25, -0.2) is 4.79 Å². The van der Waals surface area contributed by atoms with Crippen molar-refractivity contribution in [3.63, 3.8) is 0 Å². The highest BCUT2D eigenvalue weighted by molar-refractivity contribution is 5.68. The molecule has 0 aromatic carbocycles. The predicted molar refractivity (Wildman–Crippen MR) is 130 cm³/mol. The molecule has 4 aliphatic carbocycles. The molecular formula is C29H50O3. The Bertz CT molecular complexity index is 659. The van der Waals surface area contributed by atoms with Gasteiger partial charge < -0.3 is 9.84 Å². The summed E-state index contributed by atoms with van der Waals surface area (Å²) < 4.78 is 5.75. The van der Waals surface area contributed by atoms with Crippen LogP contribution < -0.4 is 0 Å². The summed E-state index contributed by atoms with van der Waals surface area (Å²) in [7, 11) is 0. The molecule has 0 bridgehead atoms. The van der Waals surface area contributed by atoms with E-state index < -0.39 is 5.97 Å². The number of hydrogen-bond acceptors (Lipinski definition) is 2. The van der Waals surface area contributed by atoms with Crippen molar-refractivity contribution in [3.05, 3.63) is 0 Å². The maximum atomic E-state index is 10.9. The fraction of sp³-hybridized carbons (Fsp3) is 0.966. The fourth-order valence-electron chi connectivity index (χ4n) is 9.58. The summed E-state index contributed by atoms with van der Waals surface area (Å²) in [5, 5.41) is 9.00. The van der Waals surface area contributed by atoms with E-state index >= 15 is 0 Å². The van der Waals surface area contributed by atoms with Crippen LogP contribution in [0.25, 0.3) is 0 Å². The lowest BCUT2D eigenvalue weighted by molar-refractivity contribution is -0.153. The van der Waals surface area contributed by atoms with Crippen LogP contribution >= 0.6 is 0 Å². The lowest BCUT2D eigenvalue weighted by Gasteiger charge is -2.61. The van der Waals surface area contributed by atoms with Crippen molar-refractivity contribution >= 4 is 5.97 Å². The van der Waals surface area contributed by atoms with E-state index in [0.717, 1.165) is 54.3 Å². The van der Waals surface area contributed by atoms with E-state index in [0.29, 0.717) is 10.8 Å². The lowest BCUT2D eigenvalue weighted by Crippen LogP contribution is -2.54. The van der Waals surface area contributed by atoms with Gasteiger partial charge >= 0.3 is 5.97 Å². The average molecular weight is 447 g/mol. The Morgan fingerprint density at radius 2 is 1.66 bits per heavy atom. The summed E-state index contributed by atoms with van der Waals surface area (Å²) in [6.07, 6.45) is 16.3. The van der Waals surface area contributed by atoms with Gasteiger partial charge in [0.2, 0.25) is 0 Å². The van der Waals surface area contributed by atoms with Crippen molar-refractivity contribution in [1.82, 2.24) is 0 Å². The first kappa shape index (κ1) is 24.6. The molecule has 0 spiro atoms. The quantitative estimate of drug-likeness (QED) is 0.418. The molecule has 0 amide bonds. The van der Waals surface area contributed by atoms with Gasteiger partial charge in [-0.3, -0.25) is 0 Å². The zero-order valence-electron chi connectivity index (χ0n) is 21.6. The van der Waals surface area contributed by atoms with E-state index in [1.165, 1.54) is 64.2 Å². The van der Waals surface area contributed by atoms with Gasteiger partial charge in [0.25, 0.3) is 0 Å². The monoisotopic (exact) mass is 446 g/mol. The highest BCUT2D eigenvalue weighted by Gasteiger charge is 2.60. The second kappa shape index (κ2) is 9.59. The molecule has 4 saturated carbocycles. The third kappa shape index (κ3) is 4.53. The molecule has 32 heavy (non-hydrogen) atoms. The van der Waals surface area contributed by atoms with Gasteiger partial charge in [-0.2, -0.15) is 0 Å². The van der Waals surface area contributed by atoms with Crippen LogP contribution in [0.1, 0.15) is 112 Å². The Balaban J connectivity index is 1.41. The topological polar surface area (TPSA) is 46.5 Å². The first-order valence-corrected chi connectivity index (χ1v) is 14.0. The zero-order valence-corrected chi connectivity index (χ0v) is 21.6. The van der Waals surface area contributed by atoms with Crippen LogP contribution in [-0.4, -0.2) is 23.8 Å². The third-order valence-corrected chi connectivity index (χ3v) is 11.3. The minimum absolute atomic E-state index is 0.128. The summed E-state index contributed by atoms with van der Waals surface area (Å²) >= 11 is 0. The molecule has 0 unspecified atom stereocenters. The van der Waals surface area contributed by atoms with Crippen LogP contribution in [0.5, 0.6) is 0 Å². The molecule has 4 rings (SSSR count). The second-order valence-electron chi connectivity index (χ2n) is 13.3. The number of rotatable bonds is 8. The molecular weight excluding hydrogens is 396 g/mol. The van der Waals surface area contributed by atoms with Crippen LogP contribution in [0.15, 0.2) is 0 Å². The van der Waals surface area contributed by atoms with Crippen molar-refractivity contribution < 1.29 is 14.6 Å². The van der Waals surface area contributed by atoms with Crippen LogP contribution in [0.4, 0.5) is 0 Å².